The molecular weight excluding hydrogens is 252 g/mol. The van der Waals surface area contributed by atoms with E-state index in [2.05, 4.69) is 9.62 Å². The van der Waals surface area contributed by atoms with Crippen LogP contribution in [0.3, 0.4) is 0 Å². The maximum atomic E-state index is 11.8. The van der Waals surface area contributed by atoms with Crippen molar-refractivity contribution in [2.45, 2.75) is 44.1 Å². The molecule has 0 atom stereocenters. The number of likely N-dealkylation sites (N-methyl/N-ethyl adjacent to an activating group) is 1. The lowest BCUT2D eigenvalue weighted by Crippen LogP contribution is -2.51. The van der Waals surface area contributed by atoms with E-state index >= 15 is 0 Å². The van der Waals surface area contributed by atoms with Crippen molar-refractivity contribution in [1.82, 2.24) is 9.62 Å². The number of hydrogen-bond donors (Lipinski definition) is 2. The molecule has 108 valence electrons. The Bertz CT molecular complexity index is 335. The van der Waals surface area contributed by atoms with Crippen LogP contribution in [0.25, 0.3) is 0 Å². The van der Waals surface area contributed by atoms with Crippen LogP contribution in [0, 0.1) is 0 Å². The van der Waals surface area contributed by atoms with Crippen molar-refractivity contribution in [3.05, 3.63) is 0 Å². The third kappa shape index (κ3) is 4.50. The minimum Gasteiger partial charge on any atom is -0.396 e. The smallest absolute Gasteiger partial charge is 0.211 e. The Kier molecular flexibility index (Phi) is 6.04. The third-order valence-corrected chi connectivity index (χ3v) is 5.34. The molecule has 0 heterocycles. The van der Waals surface area contributed by atoms with Crippen molar-refractivity contribution in [3.8, 4) is 0 Å². The number of rotatable bonds is 8. The first-order valence-electron chi connectivity index (χ1n) is 6.67. The third-order valence-electron chi connectivity index (χ3n) is 3.93. The van der Waals surface area contributed by atoms with Gasteiger partial charge in [-0.3, -0.25) is 0 Å². The highest BCUT2D eigenvalue weighted by Gasteiger charge is 2.36. The molecule has 0 aromatic heterocycles. The molecule has 0 radical (unpaired) electrons. The van der Waals surface area contributed by atoms with Gasteiger partial charge in [0.25, 0.3) is 0 Å². The van der Waals surface area contributed by atoms with Crippen molar-refractivity contribution in [1.29, 1.82) is 0 Å². The Hall–Kier alpha value is -0.170. The minimum atomic E-state index is -3.20. The molecule has 1 aliphatic carbocycles. The van der Waals surface area contributed by atoms with Crippen LogP contribution in [-0.4, -0.2) is 57.0 Å². The second-order valence-corrected chi connectivity index (χ2v) is 7.32. The molecule has 0 spiro atoms. The monoisotopic (exact) mass is 278 g/mol. The largest absolute Gasteiger partial charge is 0.396 e. The summed E-state index contributed by atoms with van der Waals surface area (Å²) >= 11 is 0. The Morgan fingerprint density at radius 1 is 1.22 bits per heavy atom. The maximum absolute atomic E-state index is 11.8. The molecular formula is C12H26N2O3S. The SMILES string of the molecule is CN(C)C1(CNS(=O)(=O)CCCCO)CCCC1. The molecule has 18 heavy (non-hydrogen) atoms. The second-order valence-electron chi connectivity index (χ2n) is 5.40. The molecule has 1 fully saturated rings. The van der Waals surface area contributed by atoms with Gasteiger partial charge in [0.1, 0.15) is 0 Å². The average molecular weight is 278 g/mol. The first kappa shape index (κ1) is 15.9. The summed E-state index contributed by atoms with van der Waals surface area (Å²) in [7, 11) is 0.838. The van der Waals surface area contributed by atoms with Crippen molar-refractivity contribution in [3.63, 3.8) is 0 Å². The minimum absolute atomic E-state index is 0.00987. The molecule has 1 saturated carbocycles. The molecule has 0 amide bonds. The topological polar surface area (TPSA) is 69.6 Å². The molecule has 5 nitrogen and oxygen atoms in total. The number of sulfonamides is 1. The molecule has 0 aromatic carbocycles. The van der Waals surface area contributed by atoms with Gasteiger partial charge in [-0.25, -0.2) is 13.1 Å². The number of aliphatic hydroxyl groups excluding tert-OH is 1. The summed E-state index contributed by atoms with van der Waals surface area (Å²) in [6.07, 6.45) is 5.51. The van der Waals surface area contributed by atoms with E-state index in [1.165, 1.54) is 12.8 Å². The zero-order valence-electron chi connectivity index (χ0n) is 11.5. The average Bonchev–Trinajstić information content (AvgIpc) is 2.77. The van der Waals surface area contributed by atoms with Crippen LogP contribution in [0.1, 0.15) is 38.5 Å². The summed E-state index contributed by atoms with van der Waals surface area (Å²) in [5.74, 6) is 0.108. The molecule has 1 aliphatic rings. The first-order valence-corrected chi connectivity index (χ1v) is 8.33. The van der Waals surface area contributed by atoms with Crippen LogP contribution >= 0.6 is 0 Å². The first-order chi connectivity index (χ1) is 8.42. The van der Waals surface area contributed by atoms with Gasteiger partial charge in [-0.2, -0.15) is 0 Å². The second kappa shape index (κ2) is 6.84. The van der Waals surface area contributed by atoms with Crippen LogP contribution < -0.4 is 4.72 Å². The molecule has 0 bridgehead atoms. The number of aliphatic hydroxyl groups is 1. The van der Waals surface area contributed by atoms with Crippen LogP contribution in [0.15, 0.2) is 0 Å². The Morgan fingerprint density at radius 2 is 1.83 bits per heavy atom. The van der Waals surface area contributed by atoms with E-state index in [4.69, 9.17) is 5.11 Å². The van der Waals surface area contributed by atoms with Crippen molar-refractivity contribution in [2.75, 3.05) is 33.0 Å². The maximum Gasteiger partial charge on any atom is 0.211 e. The number of hydrogen-bond acceptors (Lipinski definition) is 4. The summed E-state index contributed by atoms with van der Waals surface area (Å²) in [5.41, 5.74) is -0.00987. The number of nitrogens with one attached hydrogen (secondary N) is 1. The summed E-state index contributed by atoms with van der Waals surface area (Å²) in [6, 6.07) is 0. The predicted molar refractivity (Wildman–Crippen MR) is 73.0 cm³/mol. The molecule has 1 rings (SSSR count). The molecule has 0 aliphatic heterocycles. The summed E-state index contributed by atoms with van der Waals surface area (Å²) < 4.78 is 26.4. The van der Waals surface area contributed by atoms with Crippen LogP contribution in [0.2, 0.25) is 0 Å². The van der Waals surface area contributed by atoms with Gasteiger partial charge in [0, 0.05) is 18.7 Å². The van der Waals surface area contributed by atoms with Gasteiger partial charge in [0.15, 0.2) is 0 Å². The highest BCUT2D eigenvalue weighted by molar-refractivity contribution is 7.89. The highest BCUT2D eigenvalue weighted by atomic mass is 32.2. The zero-order chi connectivity index (χ0) is 13.6. The fourth-order valence-electron chi connectivity index (χ4n) is 2.54. The van der Waals surface area contributed by atoms with Gasteiger partial charge in [-0.1, -0.05) is 12.8 Å². The van der Waals surface area contributed by atoms with Crippen LogP contribution in [0.4, 0.5) is 0 Å². The van der Waals surface area contributed by atoms with E-state index < -0.39 is 10.0 Å². The van der Waals surface area contributed by atoms with Gasteiger partial charge in [0.2, 0.25) is 10.0 Å². The van der Waals surface area contributed by atoms with Crippen molar-refractivity contribution < 1.29 is 13.5 Å². The van der Waals surface area contributed by atoms with E-state index in [-0.39, 0.29) is 17.9 Å². The van der Waals surface area contributed by atoms with E-state index in [1.807, 2.05) is 14.1 Å². The van der Waals surface area contributed by atoms with Crippen molar-refractivity contribution >= 4 is 10.0 Å². The Labute approximate surface area is 111 Å². The van der Waals surface area contributed by atoms with Gasteiger partial charge in [-0.15, -0.1) is 0 Å². The molecule has 0 aromatic rings. The van der Waals surface area contributed by atoms with E-state index in [0.29, 0.717) is 19.4 Å². The van der Waals surface area contributed by atoms with Gasteiger partial charge in [0.05, 0.1) is 5.75 Å². The van der Waals surface area contributed by atoms with E-state index in [9.17, 15) is 8.42 Å². The Morgan fingerprint density at radius 3 is 2.33 bits per heavy atom. The Balaban J connectivity index is 2.47. The van der Waals surface area contributed by atoms with Crippen LogP contribution in [-0.2, 0) is 10.0 Å². The van der Waals surface area contributed by atoms with Crippen molar-refractivity contribution in [2.24, 2.45) is 0 Å². The zero-order valence-corrected chi connectivity index (χ0v) is 12.3. The molecule has 6 heteroatoms. The standard InChI is InChI=1S/C12H26N2O3S/c1-14(2)12(7-3-4-8-12)11-13-18(16,17)10-6-5-9-15/h13,15H,3-11H2,1-2H3. The highest BCUT2D eigenvalue weighted by Crippen LogP contribution is 2.33. The lowest BCUT2D eigenvalue weighted by molar-refractivity contribution is 0.162. The van der Waals surface area contributed by atoms with Crippen LogP contribution in [0.5, 0.6) is 0 Å². The fraction of sp³-hybridized carbons (Fsp3) is 1.00. The van der Waals surface area contributed by atoms with E-state index in [1.54, 1.807) is 0 Å². The van der Waals surface area contributed by atoms with Gasteiger partial charge >= 0.3 is 0 Å². The predicted octanol–water partition coefficient (Wildman–Crippen LogP) is 0.553. The van der Waals surface area contributed by atoms with Gasteiger partial charge in [-0.05, 0) is 39.8 Å². The fourth-order valence-corrected chi connectivity index (χ4v) is 3.75. The number of unbranched alkanes of at least 4 members (excludes halogenated alkanes) is 1. The number of nitrogens with zero attached hydrogens (tertiary/aromatic N) is 1. The lowest BCUT2D eigenvalue weighted by atomic mass is 9.97. The molecule has 0 unspecified atom stereocenters. The summed E-state index contributed by atoms with van der Waals surface area (Å²) in [4.78, 5) is 2.15. The van der Waals surface area contributed by atoms with Gasteiger partial charge < -0.3 is 10.0 Å². The molecule has 2 N–H and O–H groups in total. The summed E-state index contributed by atoms with van der Waals surface area (Å²) in [6.45, 7) is 0.554. The quantitative estimate of drug-likeness (QED) is 0.636. The normalized spacial score (nSPS) is 19.6. The molecule has 0 saturated heterocycles. The lowest BCUT2D eigenvalue weighted by Gasteiger charge is -2.36. The summed E-state index contributed by atoms with van der Waals surface area (Å²) in [5, 5.41) is 8.66. The van der Waals surface area contributed by atoms with E-state index in [0.717, 1.165) is 12.8 Å².